The Hall–Kier alpha value is 0.250. The van der Waals surface area contributed by atoms with E-state index in [0.29, 0.717) is 0 Å². The molecule has 0 aliphatic carbocycles. The molecule has 0 spiro atoms. The lowest BCUT2D eigenvalue weighted by molar-refractivity contribution is 0.0367. The maximum absolute atomic E-state index is 4.72. The quantitative estimate of drug-likeness (QED) is 0.425. The van der Waals surface area contributed by atoms with Crippen LogP contribution in [-0.2, 0) is 4.74 Å². The zero-order valence-corrected chi connectivity index (χ0v) is 4.66. The van der Waals surface area contributed by atoms with Crippen LogP contribution in [0.3, 0.4) is 0 Å². The Labute approximate surface area is 43.3 Å². The standard InChI is InChI=1S/C3H6O.CH3Cl/c1-2-4-3-1;1-2/h1-3H2;1H3. The highest BCUT2D eigenvalue weighted by atomic mass is 35.5. The summed E-state index contributed by atoms with van der Waals surface area (Å²) in [5.41, 5.74) is 0. The zero-order chi connectivity index (χ0) is 4.83. The summed E-state index contributed by atoms with van der Waals surface area (Å²) in [5, 5.41) is 0. The maximum Gasteiger partial charge on any atom is 0.0488 e. The first kappa shape index (κ1) is 6.25. The van der Waals surface area contributed by atoms with E-state index < -0.39 is 0 Å². The smallest absolute Gasteiger partial charge is 0.0488 e. The Kier molecular flexibility index (Phi) is 5.47. The molecular formula is C4H9ClO. The lowest BCUT2D eigenvalue weighted by Gasteiger charge is -2.09. The van der Waals surface area contributed by atoms with Gasteiger partial charge in [0, 0.05) is 19.6 Å². The van der Waals surface area contributed by atoms with E-state index in [-0.39, 0.29) is 0 Å². The van der Waals surface area contributed by atoms with Crippen LogP contribution in [0.4, 0.5) is 0 Å². The lowest BCUT2D eigenvalue weighted by atomic mass is 10.4. The number of ether oxygens (including phenoxy) is 1. The Morgan fingerprint density at radius 1 is 1.33 bits per heavy atom. The van der Waals surface area contributed by atoms with Crippen molar-refractivity contribution in [2.45, 2.75) is 6.42 Å². The Balaban J connectivity index is 0.000000112. The average Bonchev–Trinajstić information content (AvgIpc) is 1.36. The van der Waals surface area contributed by atoms with Gasteiger partial charge < -0.3 is 4.74 Å². The summed E-state index contributed by atoms with van der Waals surface area (Å²) in [6.45, 7) is 2.00. The molecule has 0 saturated carbocycles. The number of hydrogen-bond acceptors (Lipinski definition) is 1. The summed E-state index contributed by atoms with van der Waals surface area (Å²) in [5.74, 6) is 0. The Morgan fingerprint density at radius 3 is 1.50 bits per heavy atom. The summed E-state index contributed by atoms with van der Waals surface area (Å²) in [4.78, 5) is 0. The summed E-state index contributed by atoms with van der Waals surface area (Å²) >= 11 is 4.64. The molecule has 1 aliphatic rings. The summed E-state index contributed by atoms with van der Waals surface area (Å²) in [7, 11) is 0. The molecule has 0 radical (unpaired) electrons. The predicted molar refractivity (Wildman–Crippen MR) is 27.2 cm³/mol. The van der Waals surface area contributed by atoms with Gasteiger partial charge in [-0.15, -0.1) is 11.6 Å². The van der Waals surface area contributed by atoms with Crippen LogP contribution < -0.4 is 0 Å². The van der Waals surface area contributed by atoms with Gasteiger partial charge in [-0.25, -0.2) is 0 Å². The van der Waals surface area contributed by atoms with Crippen molar-refractivity contribution in [3.63, 3.8) is 0 Å². The molecule has 1 aliphatic heterocycles. The van der Waals surface area contributed by atoms with Crippen molar-refractivity contribution in [3.05, 3.63) is 0 Å². The number of halogens is 1. The molecule has 0 atom stereocenters. The van der Waals surface area contributed by atoms with Gasteiger partial charge in [-0.1, -0.05) is 0 Å². The van der Waals surface area contributed by atoms with E-state index in [0.717, 1.165) is 13.2 Å². The molecule has 0 aromatic rings. The van der Waals surface area contributed by atoms with Crippen LogP contribution in [0.5, 0.6) is 0 Å². The van der Waals surface area contributed by atoms with Crippen LogP contribution in [0, 0.1) is 0 Å². The van der Waals surface area contributed by atoms with Gasteiger partial charge in [-0.2, -0.15) is 0 Å². The highest BCUT2D eigenvalue weighted by molar-refractivity contribution is 6.15. The van der Waals surface area contributed by atoms with Crippen molar-refractivity contribution in [2.75, 3.05) is 19.6 Å². The minimum Gasteiger partial charge on any atom is -0.381 e. The molecule has 0 aromatic heterocycles. The van der Waals surface area contributed by atoms with Crippen LogP contribution in [0.2, 0.25) is 0 Å². The topological polar surface area (TPSA) is 9.23 Å². The SMILES string of the molecule is C1COC1.CCl. The van der Waals surface area contributed by atoms with E-state index in [1.807, 2.05) is 0 Å². The normalized spacial score (nSPS) is 17.0. The number of rotatable bonds is 0. The van der Waals surface area contributed by atoms with Crippen LogP contribution in [-0.4, -0.2) is 19.6 Å². The maximum atomic E-state index is 4.72. The second kappa shape index (κ2) is 5.25. The molecule has 0 N–H and O–H groups in total. The molecule has 1 fully saturated rings. The van der Waals surface area contributed by atoms with Crippen molar-refractivity contribution in [1.29, 1.82) is 0 Å². The Morgan fingerprint density at radius 2 is 1.50 bits per heavy atom. The van der Waals surface area contributed by atoms with Gasteiger partial charge in [0.25, 0.3) is 0 Å². The van der Waals surface area contributed by atoms with Crippen LogP contribution in [0.15, 0.2) is 0 Å². The average molecular weight is 109 g/mol. The highest BCUT2D eigenvalue weighted by Crippen LogP contribution is 1.92. The first-order valence-electron chi connectivity index (χ1n) is 1.96. The van der Waals surface area contributed by atoms with Crippen molar-refractivity contribution < 1.29 is 4.74 Å². The fourth-order valence-electron chi connectivity index (χ4n) is 0.144. The van der Waals surface area contributed by atoms with E-state index in [4.69, 9.17) is 4.74 Å². The minimum atomic E-state index is 1.00. The predicted octanol–water partition coefficient (Wildman–Crippen LogP) is 1.26. The highest BCUT2D eigenvalue weighted by Gasteiger charge is 1.94. The van der Waals surface area contributed by atoms with E-state index in [1.54, 1.807) is 0 Å². The molecule has 0 bridgehead atoms. The van der Waals surface area contributed by atoms with Crippen molar-refractivity contribution >= 4 is 11.6 Å². The molecular weight excluding hydrogens is 99.5 g/mol. The largest absolute Gasteiger partial charge is 0.381 e. The Bertz CT molecular complexity index is 15.5. The fourth-order valence-corrected chi connectivity index (χ4v) is 0.144. The fraction of sp³-hybridized carbons (Fsp3) is 1.00. The van der Waals surface area contributed by atoms with Crippen LogP contribution in [0.1, 0.15) is 6.42 Å². The van der Waals surface area contributed by atoms with E-state index >= 15 is 0 Å². The lowest BCUT2D eigenvalue weighted by Crippen LogP contribution is -2.09. The summed E-state index contributed by atoms with van der Waals surface area (Å²) in [6.07, 6.45) is 2.75. The van der Waals surface area contributed by atoms with Gasteiger partial charge >= 0.3 is 0 Å². The van der Waals surface area contributed by atoms with E-state index in [2.05, 4.69) is 11.6 Å². The minimum absolute atomic E-state index is 1.00. The van der Waals surface area contributed by atoms with E-state index in [1.165, 1.54) is 12.8 Å². The van der Waals surface area contributed by atoms with Gasteiger partial charge in [0.2, 0.25) is 0 Å². The molecule has 2 heteroatoms. The molecule has 1 saturated heterocycles. The molecule has 0 amide bonds. The van der Waals surface area contributed by atoms with E-state index in [9.17, 15) is 0 Å². The second-order valence-corrected chi connectivity index (χ2v) is 0.966. The van der Waals surface area contributed by atoms with Crippen molar-refractivity contribution in [3.8, 4) is 0 Å². The molecule has 0 unspecified atom stereocenters. The first-order chi connectivity index (χ1) is 3.00. The summed E-state index contributed by atoms with van der Waals surface area (Å²) < 4.78 is 4.72. The molecule has 1 heterocycles. The van der Waals surface area contributed by atoms with Gasteiger partial charge in [0.1, 0.15) is 0 Å². The molecule has 38 valence electrons. The van der Waals surface area contributed by atoms with Crippen molar-refractivity contribution in [1.82, 2.24) is 0 Å². The molecule has 1 rings (SSSR count). The van der Waals surface area contributed by atoms with Crippen LogP contribution in [0.25, 0.3) is 0 Å². The third kappa shape index (κ3) is 2.49. The second-order valence-electron chi connectivity index (χ2n) is 0.966. The zero-order valence-electron chi connectivity index (χ0n) is 3.91. The number of alkyl halides is 1. The van der Waals surface area contributed by atoms with Gasteiger partial charge in [-0.05, 0) is 6.42 Å². The van der Waals surface area contributed by atoms with Crippen LogP contribution >= 0.6 is 11.6 Å². The monoisotopic (exact) mass is 108 g/mol. The molecule has 0 aromatic carbocycles. The number of hydrogen-bond donors (Lipinski definition) is 0. The third-order valence-corrected chi connectivity index (χ3v) is 0.577. The third-order valence-electron chi connectivity index (χ3n) is 0.577. The van der Waals surface area contributed by atoms with Gasteiger partial charge in [0.15, 0.2) is 0 Å². The van der Waals surface area contributed by atoms with Gasteiger partial charge in [0.05, 0.1) is 0 Å². The summed E-state index contributed by atoms with van der Waals surface area (Å²) in [6, 6.07) is 0. The van der Waals surface area contributed by atoms with Crippen molar-refractivity contribution in [2.24, 2.45) is 0 Å². The molecule has 6 heavy (non-hydrogen) atoms. The van der Waals surface area contributed by atoms with Gasteiger partial charge in [-0.3, -0.25) is 0 Å². The molecule has 1 nitrogen and oxygen atoms in total. The first-order valence-corrected chi connectivity index (χ1v) is 2.71.